The Hall–Kier alpha value is -2.29. The lowest BCUT2D eigenvalue weighted by atomic mass is 10.1. The number of hydrazone groups is 1. The maximum Gasteiger partial charge on any atom is 0.311 e. The fourth-order valence-electron chi connectivity index (χ4n) is 2.82. The molecule has 0 amide bonds. The monoisotopic (exact) mass is 403 g/mol. The summed E-state index contributed by atoms with van der Waals surface area (Å²) >= 11 is 1.39. The molecule has 1 N–H and O–H groups in total. The number of carbonyl (C=O) groups is 1. The normalized spacial score (nSPS) is 16.5. The van der Waals surface area contributed by atoms with Gasteiger partial charge in [0.15, 0.2) is 0 Å². The van der Waals surface area contributed by atoms with Gasteiger partial charge in [-0.1, -0.05) is 24.3 Å². The standard InChI is InChI=1S/C20H25N3O4S/c1-2-26-19(24)10-17-14-28-20(22-17)23-21-11-15-6-3-4-7-16(15)12-25-13-18-8-5-9-27-18/h3-4,6-7,11,14,18H,2,5,8-10,12-13H2,1H3,(H,22,23). The summed E-state index contributed by atoms with van der Waals surface area (Å²) in [4.78, 5) is 15.8. The van der Waals surface area contributed by atoms with Gasteiger partial charge in [0.1, 0.15) is 0 Å². The summed E-state index contributed by atoms with van der Waals surface area (Å²) < 4.78 is 16.3. The summed E-state index contributed by atoms with van der Waals surface area (Å²) in [5.41, 5.74) is 5.62. The van der Waals surface area contributed by atoms with Crippen LogP contribution in [0.3, 0.4) is 0 Å². The highest BCUT2D eigenvalue weighted by molar-refractivity contribution is 7.13. The summed E-state index contributed by atoms with van der Waals surface area (Å²) in [7, 11) is 0. The number of thiazole rings is 1. The molecule has 1 aliphatic heterocycles. The molecule has 0 saturated carbocycles. The second-order valence-corrected chi connectivity index (χ2v) is 7.20. The van der Waals surface area contributed by atoms with Gasteiger partial charge < -0.3 is 14.2 Å². The molecule has 1 aliphatic rings. The average molecular weight is 404 g/mol. The van der Waals surface area contributed by atoms with Crippen LogP contribution in [0.5, 0.6) is 0 Å². The molecule has 8 heteroatoms. The number of aromatic nitrogens is 1. The van der Waals surface area contributed by atoms with Crippen molar-refractivity contribution in [1.29, 1.82) is 0 Å². The van der Waals surface area contributed by atoms with E-state index in [4.69, 9.17) is 14.2 Å². The molecule has 1 aromatic carbocycles. The number of nitrogens with zero attached hydrogens (tertiary/aromatic N) is 2. The highest BCUT2D eigenvalue weighted by atomic mass is 32.1. The van der Waals surface area contributed by atoms with E-state index in [1.807, 2.05) is 29.6 Å². The summed E-state index contributed by atoms with van der Waals surface area (Å²) in [6, 6.07) is 7.96. The minimum atomic E-state index is -0.278. The maximum absolute atomic E-state index is 11.5. The smallest absolute Gasteiger partial charge is 0.311 e. The molecule has 0 bridgehead atoms. The van der Waals surface area contributed by atoms with Gasteiger partial charge in [-0.15, -0.1) is 11.3 Å². The molecule has 2 aromatic rings. The van der Waals surface area contributed by atoms with Crippen molar-refractivity contribution in [1.82, 2.24) is 4.98 Å². The first-order chi connectivity index (χ1) is 13.7. The predicted molar refractivity (Wildman–Crippen MR) is 109 cm³/mol. The van der Waals surface area contributed by atoms with E-state index < -0.39 is 0 Å². The number of esters is 1. The van der Waals surface area contributed by atoms with Crippen molar-refractivity contribution in [3.63, 3.8) is 0 Å². The van der Waals surface area contributed by atoms with E-state index in [-0.39, 0.29) is 18.5 Å². The van der Waals surface area contributed by atoms with Gasteiger partial charge in [-0.2, -0.15) is 5.10 Å². The van der Waals surface area contributed by atoms with Crippen LogP contribution >= 0.6 is 11.3 Å². The zero-order valence-electron chi connectivity index (χ0n) is 15.9. The molecule has 150 valence electrons. The molecule has 0 spiro atoms. The predicted octanol–water partition coefficient (Wildman–Crippen LogP) is 3.39. The topological polar surface area (TPSA) is 82.0 Å². The number of anilines is 1. The highest BCUT2D eigenvalue weighted by Gasteiger charge is 2.15. The second-order valence-electron chi connectivity index (χ2n) is 6.34. The fraction of sp³-hybridized carbons (Fsp3) is 0.450. The summed E-state index contributed by atoms with van der Waals surface area (Å²) in [6.07, 6.45) is 4.31. The minimum absolute atomic E-state index is 0.167. The first kappa shape index (κ1) is 20.4. The van der Waals surface area contributed by atoms with Crippen LogP contribution in [-0.2, 0) is 32.0 Å². The Kier molecular flexibility index (Phi) is 7.95. The quantitative estimate of drug-likeness (QED) is 0.372. The lowest BCUT2D eigenvalue weighted by molar-refractivity contribution is -0.142. The molecule has 1 unspecified atom stereocenters. The number of carbonyl (C=O) groups excluding carboxylic acids is 1. The molecule has 1 atom stereocenters. The van der Waals surface area contributed by atoms with Gasteiger partial charge >= 0.3 is 5.97 Å². The molecule has 0 aliphatic carbocycles. The summed E-state index contributed by atoms with van der Waals surface area (Å²) in [5.74, 6) is -0.278. The number of hydrogen-bond donors (Lipinski definition) is 1. The van der Waals surface area contributed by atoms with E-state index in [1.54, 1.807) is 13.1 Å². The molecule has 3 rings (SSSR count). The maximum atomic E-state index is 11.5. The van der Waals surface area contributed by atoms with Crippen LogP contribution in [0.4, 0.5) is 5.13 Å². The van der Waals surface area contributed by atoms with E-state index in [0.29, 0.717) is 30.6 Å². The summed E-state index contributed by atoms with van der Waals surface area (Å²) in [6.45, 7) is 4.12. The van der Waals surface area contributed by atoms with Gasteiger partial charge in [0.25, 0.3) is 0 Å². The van der Waals surface area contributed by atoms with E-state index in [2.05, 4.69) is 15.5 Å². The molecule has 1 saturated heterocycles. The fourth-order valence-corrected chi connectivity index (χ4v) is 3.48. The number of benzene rings is 1. The van der Waals surface area contributed by atoms with E-state index in [1.165, 1.54) is 11.3 Å². The van der Waals surface area contributed by atoms with E-state index >= 15 is 0 Å². The van der Waals surface area contributed by atoms with Gasteiger partial charge in [-0.25, -0.2) is 4.98 Å². The zero-order valence-corrected chi connectivity index (χ0v) is 16.7. The zero-order chi connectivity index (χ0) is 19.6. The summed E-state index contributed by atoms with van der Waals surface area (Å²) in [5, 5.41) is 6.71. The van der Waals surface area contributed by atoms with Gasteiger partial charge in [-0.05, 0) is 25.3 Å². The van der Waals surface area contributed by atoms with Crippen LogP contribution in [0.1, 0.15) is 36.6 Å². The SMILES string of the molecule is CCOC(=O)Cc1csc(NN=Cc2ccccc2COCC2CCCO2)n1. The lowest BCUT2D eigenvalue weighted by Gasteiger charge is -2.11. The Morgan fingerprint density at radius 2 is 2.36 bits per heavy atom. The molecular weight excluding hydrogens is 378 g/mol. The average Bonchev–Trinajstić information content (AvgIpc) is 3.35. The van der Waals surface area contributed by atoms with Crippen LogP contribution in [0.15, 0.2) is 34.7 Å². The third-order valence-corrected chi connectivity index (χ3v) is 4.98. The first-order valence-electron chi connectivity index (χ1n) is 9.41. The van der Waals surface area contributed by atoms with Crippen LogP contribution in [-0.4, -0.2) is 43.1 Å². The van der Waals surface area contributed by atoms with Crippen LogP contribution < -0.4 is 5.43 Å². The molecule has 1 fully saturated rings. The third kappa shape index (κ3) is 6.40. The Labute approximate surface area is 168 Å². The van der Waals surface area contributed by atoms with Crippen molar-refractivity contribution in [2.75, 3.05) is 25.2 Å². The Balaban J connectivity index is 1.50. The molecule has 0 radical (unpaired) electrons. The Morgan fingerprint density at radius 1 is 1.46 bits per heavy atom. The minimum Gasteiger partial charge on any atom is -0.466 e. The number of ether oxygens (including phenoxy) is 3. The molecule has 2 heterocycles. The largest absolute Gasteiger partial charge is 0.466 e. The first-order valence-corrected chi connectivity index (χ1v) is 10.3. The van der Waals surface area contributed by atoms with Gasteiger partial charge in [0.2, 0.25) is 5.13 Å². The Bertz CT molecular complexity index is 787. The van der Waals surface area contributed by atoms with Crippen LogP contribution in [0.25, 0.3) is 0 Å². The highest BCUT2D eigenvalue weighted by Crippen LogP contribution is 2.17. The molecule has 7 nitrogen and oxygen atoms in total. The van der Waals surface area contributed by atoms with Gasteiger partial charge in [0, 0.05) is 17.6 Å². The van der Waals surface area contributed by atoms with Crippen molar-refractivity contribution in [3.05, 3.63) is 46.5 Å². The van der Waals surface area contributed by atoms with Gasteiger partial charge in [-0.3, -0.25) is 10.2 Å². The van der Waals surface area contributed by atoms with Crippen molar-refractivity contribution in [3.8, 4) is 0 Å². The van der Waals surface area contributed by atoms with Crippen molar-refractivity contribution in [2.45, 2.75) is 38.9 Å². The van der Waals surface area contributed by atoms with Crippen molar-refractivity contribution in [2.24, 2.45) is 5.10 Å². The van der Waals surface area contributed by atoms with Crippen molar-refractivity contribution < 1.29 is 19.0 Å². The Morgan fingerprint density at radius 3 is 3.18 bits per heavy atom. The van der Waals surface area contributed by atoms with E-state index in [9.17, 15) is 4.79 Å². The molecule has 1 aromatic heterocycles. The number of rotatable bonds is 10. The molecular formula is C20H25N3O4S. The van der Waals surface area contributed by atoms with Gasteiger partial charge in [0.05, 0.1) is 44.3 Å². The van der Waals surface area contributed by atoms with Crippen molar-refractivity contribution >= 4 is 28.7 Å². The number of nitrogens with one attached hydrogen (secondary N) is 1. The van der Waals surface area contributed by atoms with Crippen LogP contribution in [0, 0.1) is 0 Å². The van der Waals surface area contributed by atoms with Crippen LogP contribution in [0.2, 0.25) is 0 Å². The van der Waals surface area contributed by atoms with E-state index in [0.717, 1.165) is 30.6 Å². The second kappa shape index (κ2) is 10.9. The number of hydrogen-bond acceptors (Lipinski definition) is 8. The lowest BCUT2D eigenvalue weighted by Crippen LogP contribution is -2.14. The molecule has 28 heavy (non-hydrogen) atoms. The third-order valence-electron chi connectivity index (χ3n) is 4.19.